The minimum Gasteiger partial charge on any atom is -0.750 e. The molecule has 2 unspecified atom stereocenters. The van der Waals surface area contributed by atoms with Crippen LogP contribution in [0.15, 0.2) is 0 Å². The van der Waals surface area contributed by atoms with Gasteiger partial charge in [-0.25, -0.2) is 4.21 Å². The maximum Gasteiger partial charge on any atom is 0.0845 e. The maximum absolute atomic E-state index is 10.5. The van der Waals surface area contributed by atoms with E-state index in [2.05, 4.69) is 5.32 Å². The van der Waals surface area contributed by atoms with Gasteiger partial charge in [0, 0.05) is 12.6 Å². The standard InChI is InChI=1S/C13H23NO3S/c1-8(17-18(15)16)7-14-13-11-3-9-2-10(5-11)6-12(13)4-9/h8-14H,2-7H2,1H3,(H,15,16)/p-1. The molecule has 0 saturated heterocycles. The summed E-state index contributed by atoms with van der Waals surface area (Å²) in [7, 11) is 0. The molecule has 0 spiro atoms. The summed E-state index contributed by atoms with van der Waals surface area (Å²) in [6.07, 6.45) is 6.73. The molecule has 0 aromatic rings. The SMILES string of the molecule is CC(CNC1C2CC3CC(C2)CC1C3)OS(=O)[O-]. The molecule has 4 saturated carbocycles. The molecule has 4 aliphatic rings. The lowest BCUT2D eigenvalue weighted by Gasteiger charge is -2.54. The molecule has 0 aromatic carbocycles. The molecule has 4 nitrogen and oxygen atoms in total. The quantitative estimate of drug-likeness (QED) is 0.772. The van der Waals surface area contributed by atoms with Crippen LogP contribution in [0.5, 0.6) is 0 Å². The largest absolute Gasteiger partial charge is 0.750 e. The Bertz CT molecular complexity index is 308. The van der Waals surface area contributed by atoms with Gasteiger partial charge in [-0.1, -0.05) is 0 Å². The van der Waals surface area contributed by atoms with Crippen molar-refractivity contribution in [1.29, 1.82) is 0 Å². The van der Waals surface area contributed by atoms with Gasteiger partial charge in [-0.15, -0.1) is 0 Å². The zero-order valence-electron chi connectivity index (χ0n) is 10.8. The van der Waals surface area contributed by atoms with Crippen LogP contribution in [0.25, 0.3) is 0 Å². The zero-order valence-corrected chi connectivity index (χ0v) is 11.7. The predicted octanol–water partition coefficient (Wildman–Crippen LogP) is 1.60. The van der Waals surface area contributed by atoms with Gasteiger partial charge in [-0.05, 0) is 62.7 Å². The highest BCUT2D eigenvalue weighted by Crippen LogP contribution is 2.53. The van der Waals surface area contributed by atoms with E-state index in [-0.39, 0.29) is 6.10 Å². The van der Waals surface area contributed by atoms with Crippen LogP contribution in [-0.2, 0) is 15.5 Å². The van der Waals surface area contributed by atoms with Crippen LogP contribution in [0.1, 0.15) is 39.0 Å². The molecule has 0 amide bonds. The smallest absolute Gasteiger partial charge is 0.0845 e. The van der Waals surface area contributed by atoms with Gasteiger partial charge < -0.3 is 9.87 Å². The van der Waals surface area contributed by atoms with Gasteiger partial charge in [-0.3, -0.25) is 4.18 Å². The molecule has 0 aromatic heterocycles. The van der Waals surface area contributed by atoms with Crippen LogP contribution < -0.4 is 5.32 Å². The molecule has 2 atom stereocenters. The summed E-state index contributed by atoms with van der Waals surface area (Å²) in [6, 6.07) is 0.601. The first kappa shape index (κ1) is 13.0. The van der Waals surface area contributed by atoms with Crippen LogP contribution >= 0.6 is 0 Å². The molecule has 4 aliphatic carbocycles. The van der Waals surface area contributed by atoms with E-state index in [9.17, 15) is 8.76 Å². The Balaban J connectivity index is 1.52. The first-order valence-corrected chi connectivity index (χ1v) is 8.11. The van der Waals surface area contributed by atoms with Gasteiger partial charge in [0.1, 0.15) is 0 Å². The third kappa shape index (κ3) is 2.64. The summed E-state index contributed by atoms with van der Waals surface area (Å²) >= 11 is -2.40. The molecule has 4 rings (SSSR count). The van der Waals surface area contributed by atoms with E-state index in [0.29, 0.717) is 12.6 Å². The lowest BCUT2D eigenvalue weighted by Crippen LogP contribution is -2.55. The van der Waals surface area contributed by atoms with Crippen molar-refractivity contribution in [2.45, 2.75) is 51.2 Å². The lowest BCUT2D eigenvalue weighted by atomic mass is 9.54. The average molecular weight is 272 g/mol. The van der Waals surface area contributed by atoms with E-state index in [1.54, 1.807) is 6.92 Å². The van der Waals surface area contributed by atoms with E-state index in [4.69, 9.17) is 4.18 Å². The number of hydrogen-bond acceptors (Lipinski definition) is 4. The molecule has 5 heteroatoms. The Morgan fingerprint density at radius 3 is 2.28 bits per heavy atom. The van der Waals surface area contributed by atoms with Crippen LogP contribution in [0.4, 0.5) is 0 Å². The van der Waals surface area contributed by atoms with Gasteiger partial charge in [0.25, 0.3) is 0 Å². The van der Waals surface area contributed by atoms with Gasteiger partial charge in [0.2, 0.25) is 0 Å². The first-order valence-electron chi connectivity index (χ1n) is 7.11. The summed E-state index contributed by atoms with van der Waals surface area (Å²) in [4.78, 5) is 0. The first-order chi connectivity index (χ1) is 8.61. The number of nitrogens with one attached hydrogen (secondary N) is 1. The Hall–Kier alpha value is 0.0300. The van der Waals surface area contributed by atoms with Crippen molar-refractivity contribution < 1.29 is 12.9 Å². The minimum atomic E-state index is -2.40. The fraction of sp³-hybridized carbons (Fsp3) is 1.00. The fourth-order valence-corrected chi connectivity index (χ4v) is 5.06. The fourth-order valence-electron chi connectivity index (χ4n) is 4.73. The molecule has 0 heterocycles. The second kappa shape index (κ2) is 5.19. The van der Waals surface area contributed by atoms with Crippen LogP contribution in [0, 0.1) is 23.7 Å². The third-order valence-corrected chi connectivity index (χ3v) is 5.60. The predicted molar refractivity (Wildman–Crippen MR) is 68.3 cm³/mol. The maximum atomic E-state index is 10.5. The summed E-state index contributed by atoms with van der Waals surface area (Å²) in [5.74, 6) is 3.61. The monoisotopic (exact) mass is 272 g/mol. The Labute approximate surface area is 111 Å². The Morgan fingerprint density at radius 1 is 1.22 bits per heavy atom. The molecule has 0 radical (unpaired) electrons. The molecule has 4 bridgehead atoms. The molecule has 4 fully saturated rings. The summed E-state index contributed by atoms with van der Waals surface area (Å²) < 4.78 is 25.7. The highest BCUT2D eigenvalue weighted by Gasteiger charge is 2.47. The van der Waals surface area contributed by atoms with Crippen molar-refractivity contribution in [3.8, 4) is 0 Å². The second-order valence-corrected chi connectivity index (χ2v) is 7.08. The van der Waals surface area contributed by atoms with Gasteiger partial charge in [0.15, 0.2) is 0 Å². The third-order valence-electron chi connectivity index (χ3n) is 5.11. The van der Waals surface area contributed by atoms with E-state index in [1.165, 1.54) is 32.1 Å². The van der Waals surface area contributed by atoms with Crippen molar-refractivity contribution >= 4 is 11.4 Å². The Morgan fingerprint density at radius 2 is 1.78 bits per heavy atom. The molecule has 0 aliphatic heterocycles. The van der Waals surface area contributed by atoms with Crippen molar-refractivity contribution in [2.75, 3.05) is 6.54 Å². The summed E-state index contributed by atoms with van der Waals surface area (Å²) in [5, 5.41) is 3.57. The van der Waals surface area contributed by atoms with E-state index in [0.717, 1.165) is 23.7 Å². The van der Waals surface area contributed by atoms with Gasteiger partial charge in [0.05, 0.1) is 17.5 Å². The average Bonchev–Trinajstić information content (AvgIpc) is 2.25. The van der Waals surface area contributed by atoms with E-state index < -0.39 is 11.4 Å². The normalized spacial score (nSPS) is 45.1. The molecule has 104 valence electrons. The minimum absolute atomic E-state index is 0.263. The molecular formula is C13H22NO3S-. The highest BCUT2D eigenvalue weighted by molar-refractivity contribution is 7.74. The number of rotatable bonds is 5. The van der Waals surface area contributed by atoms with Crippen molar-refractivity contribution in [3.63, 3.8) is 0 Å². The molecular weight excluding hydrogens is 250 g/mol. The highest BCUT2D eigenvalue weighted by atomic mass is 32.2. The van der Waals surface area contributed by atoms with Crippen molar-refractivity contribution in [3.05, 3.63) is 0 Å². The molecule has 1 N–H and O–H groups in total. The van der Waals surface area contributed by atoms with Crippen molar-refractivity contribution in [1.82, 2.24) is 5.32 Å². The van der Waals surface area contributed by atoms with Crippen LogP contribution in [0.2, 0.25) is 0 Å². The van der Waals surface area contributed by atoms with E-state index >= 15 is 0 Å². The van der Waals surface area contributed by atoms with Gasteiger partial charge >= 0.3 is 0 Å². The summed E-state index contributed by atoms with van der Waals surface area (Å²) in [5.41, 5.74) is 0. The second-order valence-electron chi connectivity index (χ2n) is 6.48. The van der Waals surface area contributed by atoms with Crippen LogP contribution in [0.3, 0.4) is 0 Å². The zero-order chi connectivity index (χ0) is 12.7. The summed E-state index contributed by atoms with van der Waals surface area (Å²) in [6.45, 7) is 2.44. The van der Waals surface area contributed by atoms with Crippen LogP contribution in [-0.4, -0.2) is 27.5 Å². The topological polar surface area (TPSA) is 61.4 Å². The van der Waals surface area contributed by atoms with E-state index in [1.807, 2.05) is 0 Å². The molecule has 18 heavy (non-hydrogen) atoms. The Kier molecular flexibility index (Phi) is 3.76. The lowest BCUT2D eigenvalue weighted by molar-refractivity contribution is -0.0160. The number of hydrogen-bond donors (Lipinski definition) is 1. The van der Waals surface area contributed by atoms with Gasteiger partial charge in [-0.2, -0.15) is 0 Å². The van der Waals surface area contributed by atoms with Crippen molar-refractivity contribution in [2.24, 2.45) is 23.7 Å².